The highest BCUT2D eigenvalue weighted by atomic mass is 16.6. The molecule has 2 aliphatic carbocycles. The Bertz CT molecular complexity index is 482. The van der Waals surface area contributed by atoms with Gasteiger partial charge in [-0.25, -0.2) is 4.79 Å². The fourth-order valence-corrected chi connectivity index (χ4v) is 4.21. The topological polar surface area (TPSA) is 55.8 Å². The van der Waals surface area contributed by atoms with Crippen molar-refractivity contribution < 1.29 is 19.4 Å². The summed E-state index contributed by atoms with van der Waals surface area (Å²) in [4.78, 5) is 11.9. The first kappa shape index (κ1) is 21.2. The fraction of sp³-hybridized carbons (Fsp3) is 0.773. The van der Waals surface area contributed by atoms with E-state index < -0.39 is 6.29 Å². The van der Waals surface area contributed by atoms with E-state index in [0.717, 1.165) is 75.2 Å². The Morgan fingerprint density at radius 1 is 0.923 bits per heavy atom. The van der Waals surface area contributed by atoms with Crippen LogP contribution in [0.2, 0.25) is 0 Å². The zero-order chi connectivity index (χ0) is 19.1. The molecule has 2 rings (SSSR count). The highest BCUT2D eigenvalue weighted by molar-refractivity contribution is 5.87. The molecule has 1 N–H and O–H groups in total. The summed E-state index contributed by atoms with van der Waals surface area (Å²) in [5.74, 6) is 1.25. The molecule has 1 unspecified atom stereocenters. The third kappa shape index (κ3) is 5.95. The van der Waals surface area contributed by atoms with Crippen molar-refractivity contribution in [1.82, 2.24) is 0 Å². The summed E-state index contributed by atoms with van der Waals surface area (Å²) in [5.41, 5.74) is 1.32. The van der Waals surface area contributed by atoms with Crippen LogP contribution in [0, 0.1) is 11.8 Å². The van der Waals surface area contributed by atoms with Crippen LogP contribution in [0.3, 0.4) is 0 Å². The number of hydrogen-bond donors (Lipinski definition) is 1. The standard InChI is InChI=1S/C22H36O4/c1-5-15(3)21(23)25-19-11-7-17(8-12-19)18-9-13-20(14-10-18)26-22(24)16(4)6-2/h17-21,23H,3-14H2,1-2H3. The van der Waals surface area contributed by atoms with Crippen LogP contribution >= 0.6 is 0 Å². The van der Waals surface area contributed by atoms with E-state index in [9.17, 15) is 9.90 Å². The molecule has 2 saturated carbocycles. The smallest absolute Gasteiger partial charge is 0.333 e. The molecule has 2 fully saturated rings. The Balaban J connectivity index is 1.69. The van der Waals surface area contributed by atoms with Crippen LogP contribution in [0.15, 0.2) is 24.3 Å². The number of esters is 1. The quantitative estimate of drug-likeness (QED) is 0.288. The first-order valence-corrected chi connectivity index (χ1v) is 10.3. The Hall–Kier alpha value is -1.13. The first-order valence-electron chi connectivity index (χ1n) is 10.3. The van der Waals surface area contributed by atoms with Gasteiger partial charge in [-0.2, -0.15) is 0 Å². The second-order valence-corrected chi connectivity index (χ2v) is 7.94. The van der Waals surface area contributed by atoms with Crippen molar-refractivity contribution >= 4 is 5.97 Å². The maximum atomic E-state index is 11.9. The van der Waals surface area contributed by atoms with Gasteiger partial charge < -0.3 is 14.6 Å². The first-order chi connectivity index (χ1) is 12.4. The van der Waals surface area contributed by atoms with E-state index in [4.69, 9.17) is 9.47 Å². The molecule has 2 aliphatic rings. The van der Waals surface area contributed by atoms with Gasteiger partial charge in [0, 0.05) is 5.57 Å². The van der Waals surface area contributed by atoms with Crippen LogP contribution in [0.1, 0.15) is 78.1 Å². The summed E-state index contributed by atoms with van der Waals surface area (Å²) < 4.78 is 11.3. The van der Waals surface area contributed by atoms with E-state index in [1.807, 2.05) is 13.8 Å². The minimum absolute atomic E-state index is 0.0666. The van der Waals surface area contributed by atoms with Gasteiger partial charge in [-0.15, -0.1) is 0 Å². The lowest BCUT2D eigenvalue weighted by atomic mass is 9.72. The van der Waals surface area contributed by atoms with Crippen LogP contribution in [0.5, 0.6) is 0 Å². The molecule has 0 aromatic rings. The average molecular weight is 365 g/mol. The van der Waals surface area contributed by atoms with Gasteiger partial charge in [-0.3, -0.25) is 0 Å². The van der Waals surface area contributed by atoms with Crippen molar-refractivity contribution in [3.63, 3.8) is 0 Å². The van der Waals surface area contributed by atoms with E-state index >= 15 is 0 Å². The summed E-state index contributed by atoms with van der Waals surface area (Å²) in [6.45, 7) is 11.5. The van der Waals surface area contributed by atoms with Crippen molar-refractivity contribution in [3.8, 4) is 0 Å². The molecule has 0 aromatic carbocycles. The maximum Gasteiger partial charge on any atom is 0.333 e. The van der Waals surface area contributed by atoms with Crippen LogP contribution in [-0.4, -0.2) is 29.6 Å². The molecular weight excluding hydrogens is 328 g/mol. The molecule has 0 aromatic heterocycles. The molecular formula is C22H36O4. The number of carbonyl (C=O) groups is 1. The normalized spacial score (nSPS) is 30.4. The molecule has 0 amide bonds. The maximum absolute atomic E-state index is 11.9. The molecule has 0 spiro atoms. The molecule has 0 aliphatic heterocycles. The van der Waals surface area contributed by atoms with Crippen LogP contribution in [0.25, 0.3) is 0 Å². The Kier molecular flexibility index (Phi) is 8.36. The lowest BCUT2D eigenvalue weighted by Crippen LogP contribution is -2.32. The summed E-state index contributed by atoms with van der Waals surface area (Å²) in [6.07, 6.45) is 9.39. The van der Waals surface area contributed by atoms with Crippen molar-refractivity contribution in [2.75, 3.05) is 0 Å². The molecule has 148 valence electrons. The predicted molar refractivity (Wildman–Crippen MR) is 104 cm³/mol. The van der Waals surface area contributed by atoms with Crippen LogP contribution < -0.4 is 0 Å². The van der Waals surface area contributed by atoms with E-state index in [1.165, 1.54) is 0 Å². The Morgan fingerprint density at radius 3 is 1.88 bits per heavy atom. The van der Waals surface area contributed by atoms with Crippen LogP contribution in [0.4, 0.5) is 0 Å². The zero-order valence-electron chi connectivity index (χ0n) is 16.5. The van der Waals surface area contributed by atoms with E-state index in [2.05, 4.69) is 13.2 Å². The SMILES string of the molecule is C=C(CC)C(=O)OC1CCC(C2CCC(OC(O)C(=C)CC)CC2)CC1. The number of aliphatic hydroxyl groups is 1. The predicted octanol–water partition coefficient (Wildman–Crippen LogP) is 4.91. The van der Waals surface area contributed by atoms with Crippen molar-refractivity contribution in [2.45, 2.75) is 96.6 Å². The van der Waals surface area contributed by atoms with Gasteiger partial charge >= 0.3 is 5.97 Å². The number of aliphatic hydroxyl groups excluding tert-OH is 1. The zero-order valence-corrected chi connectivity index (χ0v) is 16.5. The third-order valence-electron chi connectivity index (χ3n) is 6.22. The Morgan fingerprint density at radius 2 is 1.42 bits per heavy atom. The molecule has 1 atom stereocenters. The second kappa shape index (κ2) is 10.3. The molecule has 26 heavy (non-hydrogen) atoms. The van der Waals surface area contributed by atoms with Crippen LogP contribution in [-0.2, 0) is 14.3 Å². The van der Waals surface area contributed by atoms with E-state index in [-0.39, 0.29) is 18.2 Å². The van der Waals surface area contributed by atoms with Gasteiger partial charge in [0.1, 0.15) is 6.10 Å². The highest BCUT2D eigenvalue weighted by Crippen LogP contribution is 2.40. The van der Waals surface area contributed by atoms with Gasteiger partial charge in [0.25, 0.3) is 0 Å². The number of ether oxygens (including phenoxy) is 2. The molecule has 4 heteroatoms. The Labute approximate surface area is 158 Å². The van der Waals surface area contributed by atoms with Gasteiger partial charge in [-0.1, -0.05) is 27.0 Å². The van der Waals surface area contributed by atoms with Crippen molar-refractivity contribution in [1.29, 1.82) is 0 Å². The molecule has 0 bridgehead atoms. The van der Waals surface area contributed by atoms with Crippen molar-refractivity contribution in [3.05, 3.63) is 24.3 Å². The van der Waals surface area contributed by atoms with E-state index in [1.54, 1.807) is 0 Å². The van der Waals surface area contributed by atoms with Gasteiger partial charge in [0.15, 0.2) is 6.29 Å². The van der Waals surface area contributed by atoms with E-state index in [0.29, 0.717) is 12.0 Å². The summed E-state index contributed by atoms with van der Waals surface area (Å²) >= 11 is 0. The highest BCUT2D eigenvalue weighted by Gasteiger charge is 2.33. The lowest BCUT2D eigenvalue weighted by molar-refractivity contribution is -0.147. The van der Waals surface area contributed by atoms with Crippen molar-refractivity contribution in [2.24, 2.45) is 11.8 Å². The minimum atomic E-state index is -0.815. The summed E-state index contributed by atoms with van der Waals surface area (Å²) in [5, 5.41) is 9.97. The lowest BCUT2D eigenvalue weighted by Gasteiger charge is -2.38. The molecule has 0 heterocycles. The molecule has 4 nitrogen and oxygen atoms in total. The minimum Gasteiger partial charge on any atom is -0.459 e. The van der Waals surface area contributed by atoms with Gasteiger partial charge in [-0.05, 0) is 81.6 Å². The second-order valence-electron chi connectivity index (χ2n) is 7.94. The average Bonchev–Trinajstić information content (AvgIpc) is 2.67. The molecule has 0 saturated heterocycles. The third-order valence-corrected chi connectivity index (χ3v) is 6.22. The monoisotopic (exact) mass is 364 g/mol. The summed E-state index contributed by atoms with van der Waals surface area (Å²) in [6, 6.07) is 0. The largest absolute Gasteiger partial charge is 0.459 e. The number of hydrogen-bond acceptors (Lipinski definition) is 4. The number of carbonyl (C=O) groups excluding carboxylic acids is 1. The summed E-state index contributed by atoms with van der Waals surface area (Å²) in [7, 11) is 0. The molecule has 0 radical (unpaired) electrons. The number of rotatable bonds is 8. The van der Waals surface area contributed by atoms with Gasteiger partial charge in [0.05, 0.1) is 6.10 Å². The van der Waals surface area contributed by atoms with Gasteiger partial charge in [0.2, 0.25) is 0 Å². The fourth-order valence-electron chi connectivity index (χ4n) is 4.21.